The number of benzene rings is 2. The molecule has 0 bridgehead atoms. The van der Waals surface area contributed by atoms with Gasteiger partial charge in [0.25, 0.3) is 0 Å². The lowest BCUT2D eigenvalue weighted by Crippen LogP contribution is -2.01. The first-order valence-electron chi connectivity index (χ1n) is 6.91. The van der Waals surface area contributed by atoms with Crippen LogP contribution in [0.2, 0.25) is 0 Å². The minimum absolute atomic E-state index is 0.142. The van der Waals surface area contributed by atoms with Crippen LogP contribution in [0.1, 0.15) is 11.1 Å². The van der Waals surface area contributed by atoms with Crippen molar-refractivity contribution in [3.63, 3.8) is 0 Å². The van der Waals surface area contributed by atoms with Crippen LogP contribution < -0.4 is 0 Å². The quantitative estimate of drug-likeness (QED) is 0.675. The molecule has 4 heteroatoms. The van der Waals surface area contributed by atoms with Crippen LogP contribution in [0.25, 0.3) is 6.08 Å². The lowest BCUT2D eigenvalue weighted by atomic mass is 10.2. The molecule has 0 atom stereocenters. The molecule has 0 aliphatic rings. The Bertz CT molecular complexity index is 646. The van der Waals surface area contributed by atoms with Crippen LogP contribution in [0.5, 0.6) is 0 Å². The van der Waals surface area contributed by atoms with Crippen molar-refractivity contribution in [3.05, 3.63) is 90.5 Å². The van der Waals surface area contributed by atoms with Crippen LogP contribution >= 0.6 is 0 Å². The maximum absolute atomic E-state index is 10.9. The summed E-state index contributed by atoms with van der Waals surface area (Å²) in [4.78, 5) is 21.0. The van der Waals surface area contributed by atoms with Crippen LogP contribution in [-0.2, 0) is 20.9 Å². The third kappa shape index (κ3) is 8.67. The SMILES string of the molecule is C=Cc1ccccc1.O=C(O)/C=C\C(=O)OCc1ccccc1. The second-order valence-electron chi connectivity index (χ2n) is 4.38. The van der Waals surface area contributed by atoms with E-state index in [1.807, 2.05) is 66.7 Å². The number of rotatable bonds is 5. The second-order valence-corrected chi connectivity index (χ2v) is 4.38. The molecule has 2 rings (SSSR count). The van der Waals surface area contributed by atoms with Gasteiger partial charge in [-0.3, -0.25) is 0 Å². The zero-order valence-electron chi connectivity index (χ0n) is 12.6. The van der Waals surface area contributed by atoms with Crippen molar-refractivity contribution in [2.75, 3.05) is 0 Å². The van der Waals surface area contributed by atoms with Gasteiger partial charge in [-0.1, -0.05) is 73.3 Å². The summed E-state index contributed by atoms with van der Waals surface area (Å²) in [5, 5.41) is 8.25. The third-order valence-corrected chi connectivity index (χ3v) is 2.62. The standard InChI is InChI=1S/C11H10O4.C8H8/c12-10(13)6-7-11(14)15-8-9-4-2-1-3-5-9;1-2-8-6-4-3-5-7-8/h1-7H,8H2,(H,12,13);2-7H,1H2/b7-6-;. The summed E-state index contributed by atoms with van der Waals surface area (Å²) < 4.78 is 4.79. The molecule has 2 aromatic rings. The van der Waals surface area contributed by atoms with E-state index in [0.717, 1.165) is 17.7 Å². The fourth-order valence-electron chi connectivity index (χ4n) is 1.51. The van der Waals surface area contributed by atoms with E-state index in [0.29, 0.717) is 0 Å². The molecule has 0 amide bonds. The van der Waals surface area contributed by atoms with E-state index >= 15 is 0 Å². The fraction of sp³-hybridized carbons (Fsp3) is 0.0526. The van der Waals surface area contributed by atoms with E-state index in [9.17, 15) is 9.59 Å². The lowest BCUT2D eigenvalue weighted by Gasteiger charge is -2.00. The van der Waals surface area contributed by atoms with E-state index in [1.54, 1.807) is 0 Å². The number of hydrogen-bond donors (Lipinski definition) is 1. The maximum atomic E-state index is 10.9. The van der Waals surface area contributed by atoms with Crippen LogP contribution in [0.15, 0.2) is 79.4 Å². The zero-order chi connectivity index (χ0) is 16.9. The number of carbonyl (C=O) groups excluding carboxylic acids is 1. The Labute approximate surface area is 135 Å². The molecule has 4 nitrogen and oxygen atoms in total. The van der Waals surface area contributed by atoms with E-state index < -0.39 is 11.9 Å². The molecule has 0 fully saturated rings. The molecule has 0 aliphatic heterocycles. The molecule has 0 heterocycles. The van der Waals surface area contributed by atoms with Crippen molar-refractivity contribution in [1.29, 1.82) is 0 Å². The number of carboxylic acids is 1. The lowest BCUT2D eigenvalue weighted by molar-refractivity contribution is -0.139. The van der Waals surface area contributed by atoms with Crippen molar-refractivity contribution in [2.45, 2.75) is 6.61 Å². The normalized spacial score (nSPS) is 9.57. The second kappa shape index (κ2) is 10.6. The summed E-state index contributed by atoms with van der Waals surface area (Å²) in [6.07, 6.45) is 3.46. The van der Waals surface area contributed by atoms with Crippen molar-refractivity contribution in [2.24, 2.45) is 0 Å². The molecule has 0 saturated carbocycles. The molecular weight excluding hydrogens is 292 g/mol. The van der Waals surface area contributed by atoms with Gasteiger partial charge in [0.2, 0.25) is 0 Å². The minimum Gasteiger partial charge on any atom is -0.478 e. The van der Waals surface area contributed by atoms with Gasteiger partial charge in [-0.05, 0) is 11.1 Å². The number of hydrogen-bond acceptors (Lipinski definition) is 3. The van der Waals surface area contributed by atoms with Crippen LogP contribution in [0, 0.1) is 0 Å². The summed E-state index contributed by atoms with van der Waals surface area (Å²) in [5.41, 5.74) is 2.03. The topological polar surface area (TPSA) is 63.6 Å². The third-order valence-electron chi connectivity index (χ3n) is 2.62. The Morgan fingerprint density at radius 2 is 1.52 bits per heavy atom. The van der Waals surface area contributed by atoms with Gasteiger partial charge < -0.3 is 9.84 Å². The number of esters is 1. The Hall–Kier alpha value is -3.14. The van der Waals surface area contributed by atoms with Gasteiger partial charge in [0, 0.05) is 12.2 Å². The number of ether oxygens (including phenoxy) is 1. The predicted molar refractivity (Wildman–Crippen MR) is 89.5 cm³/mol. The first-order valence-corrected chi connectivity index (χ1v) is 6.91. The molecular formula is C19H18O4. The largest absolute Gasteiger partial charge is 0.478 e. The smallest absolute Gasteiger partial charge is 0.331 e. The molecule has 0 aliphatic carbocycles. The highest BCUT2D eigenvalue weighted by molar-refractivity contribution is 5.90. The minimum atomic E-state index is -1.17. The van der Waals surface area contributed by atoms with Crippen LogP contribution in [0.4, 0.5) is 0 Å². The van der Waals surface area contributed by atoms with Gasteiger partial charge in [-0.2, -0.15) is 0 Å². The van der Waals surface area contributed by atoms with Crippen LogP contribution in [0.3, 0.4) is 0 Å². The monoisotopic (exact) mass is 310 g/mol. The fourth-order valence-corrected chi connectivity index (χ4v) is 1.51. The van der Waals surface area contributed by atoms with E-state index in [1.165, 1.54) is 5.56 Å². The molecule has 1 N–H and O–H groups in total. The summed E-state index contributed by atoms with van der Waals surface area (Å²) in [6, 6.07) is 19.2. The average molecular weight is 310 g/mol. The van der Waals surface area contributed by atoms with Gasteiger partial charge in [-0.15, -0.1) is 0 Å². The van der Waals surface area contributed by atoms with Crippen LogP contribution in [-0.4, -0.2) is 17.0 Å². The van der Waals surface area contributed by atoms with Gasteiger partial charge >= 0.3 is 11.9 Å². The first-order chi connectivity index (χ1) is 11.1. The molecule has 0 unspecified atom stereocenters. The molecule has 0 spiro atoms. The molecule has 0 saturated heterocycles. The van der Waals surface area contributed by atoms with Gasteiger partial charge in [-0.25, -0.2) is 9.59 Å². The highest BCUT2D eigenvalue weighted by Crippen LogP contribution is 2.00. The highest BCUT2D eigenvalue weighted by Gasteiger charge is 1.98. The zero-order valence-corrected chi connectivity index (χ0v) is 12.6. The molecule has 0 radical (unpaired) electrons. The van der Waals surface area contributed by atoms with Gasteiger partial charge in [0.1, 0.15) is 6.61 Å². The Morgan fingerprint density at radius 1 is 0.957 bits per heavy atom. The van der Waals surface area contributed by atoms with E-state index in [4.69, 9.17) is 9.84 Å². The first kappa shape index (κ1) is 17.9. The van der Waals surface area contributed by atoms with Crippen molar-refractivity contribution < 1.29 is 19.4 Å². The molecule has 23 heavy (non-hydrogen) atoms. The summed E-state index contributed by atoms with van der Waals surface area (Å²) in [6.45, 7) is 3.77. The summed E-state index contributed by atoms with van der Waals surface area (Å²) >= 11 is 0. The van der Waals surface area contributed by atoms with Crippen molar-refractivity contribution in [3.8, 4) is 0 Å². The number of aliphatic carboxylic acids is 1. The summed E-state index contributed by atoms with van der Waals surface area (Å²) in [7, 11) is 0. The molecule has 0 aromatic heterocycles. The Kier molecular flexibility index (Phi) is 8.23. The van der Waals surface area contributed by atoms with Gasteiger partial charge in [0.05, 0.1) is 0 Å². The van der Waals surface area contributed by atoms with Crippen molar-refractivity contribution >= 4 is 18.0 Å². The molecule has 2 aromatic carbocycles. The summed E-state index contributed by atoms with van der Waals surface area (Å²) in [5.74, 6) is -1.84. The van der Waals surface area contributed by atoms with E-state index in [-0.39, 0.29) is 6.61 Å². The number of carbonyl (C=O) groups is 2. The van der Waals surface area contributed by atoms with Crippen molar-refractivity contribution in [1.82, 2.24) is 0 Å². The Balaban J connectivity index is 0.000000277. The van der Waals surface area contributed by atoms with E-state index in [2.05, 4.69) is 6.58 Å². The molecule has 118 valence electrons. The maximum Gasteiger partial charge on any atom is 0.331 e. The highest BCUT2D eigenvalue weighted by atomic mass is 16.5. The average Bonchev–Trinajstić information content (AvgIpc) is 2.60. The van der Waals surface area contributed by atoms with Gasteiger partial charge in [0.15, 0.2) is 0 Å². The Morgan fingerprint density at radius 3 is 2.00 bits per heavy atom. The predicted octanol–water partition coefficient (Wildman–Crippen LogP) is 3.70. The number of carboxylic acid groups (broad SMARTS) is 1.